The van der Waals surface area contributed by atoms with E-state index in [-0.39, 0.29) is 30.1 Å². The number of amides is 1. The Bertz CT molecular complexity index is 533. The minimum absolute atomic E-state index is 0.0763. The van der Waals surface area contributed by atoms with Gasteiger partial charge in [-0.25, -0.2) is 9.78 Å². The fraction of sp³-hybridized carbons (Fsp3) is 0.643. The van der Waals surface area contributed by atoms with Gasteiger partial charge in [-0.2, -0.15) is 0 Å². The van der Waals surface area contributed by atoms with Crippen molar-refractivity contribution in [2.75, 3.05) is 7.11 Å². The van der Waals surface area contributed by atoms with Crippen LogP contribution < -0.4 is 0 Å². The first kappa shape index (κ1) is 14.5. The first-order valence-corrected chi connectivity index (χ1v) is 8.00. The molecule has 1 amide bonds. The molecule has 0 unspecified atom stereocenters. The van der Waals surface area contributed by atoms with E-state index < -0.39 is 6.10 Å². The lowest BCUT2D eigenvalue weighted by Crippen LogP contribution is -2.53. The third-order valence-corrected chi connectivity index (χ3v) is 4.86. The summed E-state index contributed by atoms with van der Waals surface area (Å²) >= 11 is 1.40. The molecule has 3 rings (SSSR count). The number of thiazole rings is 1. The van der Waals surface area contributed by atoms with E-state index in [9.17, 15) is 9.59 Å². The summed E-state index contributed by atoms with van der Waals surface area (Å²) in [6.45, 7) is 2.03. The van der Waals surface area contributed by atoms with Crippen LogP contribution >= 0.6 is 11.3 Å². The number of carbonyl (C=O) groups is 2. The number of methoxy groups -OCH3 is 1. The molecule has 2 aliphatic rings. The van der Waals surface area contributed by atoms with Crippen LogP contribution in [-0.4, -0.2) is 53.2 Å². The molecule has 6 nitrogen and oxygen atoms in total. The summed E-state index contributed by atoms with van der Waals surface area (Å²) in [5.74, 6) is -0.439. The molecule has 0 N–H and O–H groups in total. The lowest BCUT2D eigenvalue weighted by atomic mass is 9.92. The number of piperidine rings is 1. The molecule has 0 bridgehead atoms. The zero-order chi connectivity index (χ0) is 15.0. The van der Waals surface area contributed by atoms with E-state index in [1.54, 1.807) is 10.9 Å². The van der Waals surface area contributed by atoms with Gasteiger partial charge in [-0.1, -0.05) is 0 Å². The van der Waals surface area contributed by atoms with Crippen LogP contribution in [0.25, 0.3) is 0 Å². The van der Waals surface area contributed by atoms with E-state index in [4.69, 9.17) is 9.47 Å². The number of ether oxygens (including phenoxy) is 2. The Kier molecular flexibility index (Phi) is 3.95. The van der Waals surface area contributed by atoms with Crippen LogP contribution in [0.5, 0.6) is 0 Å². The Morgan fingerprint density at radius 1 is 1.48 bits per heavy atom. The summed E-state index contributed by atoms with van der Waals surface area (Å²) in [4.78, 5) is 30.3. The monoisotopic (exact) mass is 310 g/mol. The average molecular weight is 310 g/mol. The van der Waals surface area contributed by atoms with Crippen molar-refractivity contribution in [1.82, 2.24) is 9.88 Å². The van der Waals surface area contributed by atoms with Crippen molar-refractivity contribution in [2.45, 2.75) is 50.5 Å². The predicted octanol–water partition coefficient (Wildman–Crippen LogP) is 1.47. The maximum Gasteiger partial charge on any atom is 0.335 e. The van der Waals surface area contributed by atoms with E-state index in [1.807, 2.05) is 11.8 Å². The molecule has 0 aliphatic carbocycles. The molecule has 4 atom stereocenters. The molecule has 2 saturated heterocycles. The lowest BCUT2D eigenvalue weighted by molar-refractivity contribution is -0.153. The van der Waals surface area contributed by atoms with Crippen molar-refractivity contribution >= 4 is 23.2 Å². The molecule has 7 heteroatoms. The van der Waals surface area contributed by atoms with Gasteiger partial charge in [0.05, 0.1) is 24.8 Å². The molecule has 0 radical (unpaired) electrons. The van der Waals surface area contributed by atoms with Gasteiger partial charge in [0.1, 0.15) is 5.69 Å². The van der Waals surface area contributed by atoms with Gasteiger partial charge in [0.2, 0.25) is 0 Å². The fourth-order valence-electron chi connectivity index (χ4n) is 3.24. The van der Waals surface area contributed by atoms with E-state index in [1.165, 1.54) is 18.4 Å². The molecule has 114 valence electrons. The average Bonchev–Trinajstić information content (AvgIpc) is 3.14. The van der Waals surface area contributed by atoms with Crippen LogP contribution in [0, 0.1) is 0 Å². The number of carbonyl (C=O) groups excluding carboxylic acids is 2. The third kappa shape index (κ3) is 2.55. The van der Waals surface area contributed by atoms with Gasteiger partial charge in [0.25, 0.3) is 5.91 Å². The summed E-state index contributed by atoms with van der Waals surface area (Å²) in [6, 6.07) is 0.0486. The Balaban J connectivity index is 1.82. The van der Waals surface area contributed by atoms with Crippen LogP contribution in [0.2, 0.25) is 0 Å². The summed E-state index contributed by atoms with van der Waals surface area (Å²) in [5, 5.41) is 1.76. The van der Waals surface area contributed by atoms with Gasteiger partial charge in [-0.3, -0.25) is 4.79 Å². The number of esters is 1. The second kappa shape index (κ2) is 5.73. The SMILES string of the molecule is COC(=O)[C@@H]1C[C@@H]2[C@H](CC[C@H](C)N2C(=O)c2cscn2)O1. The van der Waals surface area contributed by atoms with Gasteiger partial charge in [-0.15, -0.1) is 11.3 Å². The second-order valence-electron chi connectivity index (χ2n) is 5.50. The molecular weight excluding hydrogens is 292 g/mol. The summed E-state index contributed by atoms with van der Waals surface area (Å²) < 4.78 is 10.5. The Morgan fingerprint density at radius 3 is 2.95 bits per heavy atom. The van der Waals surface area contributed by atoms with Gasteiger partial charge in [0.15, 0.2) is 6.10 Å². The number of likely N-dealkylation sites (tertiary alicyclic amines) is 1. The van der Waals surface area contributed by atoms with Crippen molar-refractivity contribution in [2.24, 2.45) is 0 Å². The Hall–Kier alpha value is -1.47. The molecule has 0 aromatic carbocycles. The van der Waals surface area contributed by atoms with Gasteiger partial charge in [0, 0.05) is 17.8 Å². The molecule has 2 fully saturated rings. The van der Waals surface area contributed by atoms with E-state index in [0.29, 0.717) is 12.1 Å². The highest BCUT2D eigenvalue weighted by Gasteiger charge is 2.48. The van der Waals surface area contributed by atoms with Crippen LogP contribution in [0.4, 0.5) is 0 Å². The first-order valence-electron chi connectivity index (χ1n) is 7.06. The maximum atomic E-state index is 12.7. The molecule has 3 heterocycles. The number of rotatable bonds is 2. The van der Waals surface area contributed by atoms with Gasteiger partial charge in [-0.05, 0) is 19.8 Å². The third-order valence-electron chi connectivity index (χ3n) is 4.27. The molecular formula is C14H18N2O4S. The van der Waals surface area contributed by atoms with Crippen molar-refractivity contribution < 1.29 is 19.1 Å². The van der Waals surface area contributed by atoms with Crippen molar-refractivity contribution in [3.63, 3.8) is 0 Å². The smallest absolute Gasteiger partial charge is 0.335 e. The van der Waals surface area contributed by atoms with E-state index in [0.717, 1.165) is 12.8 Å². The summed E-state index contributed by atoms with van der Waals surface area (Å²) in [5.41, 5.74) is 2.12. The fourth-order valence-corrected chi connectivity index (χ4v) is 3.76. The van der Waals surface area contributed by atoms with Crippen molar-refractivity contribution in [3.05, 3.63) is 16.6 Å². The predicted molar refractivity (Wildman–Crippen MR) is 76.1 cm³/mol. The highest BCUT2D eigenvalue weighted by molar-refractivity contribution is 7.07. The number of nitrogens with zero attached hydrogens (tertiary/aromatic N) is 2. The molecule has 0 saturated carbocycles. The van der Waals surface area contributed by atoms with Gasteiger partial charge >= 0.3 is 5.97 Å². The number of hydrogen-bond donors (Lipinski definition) is 0. The lowest BCUT2D eigenvalue weighted by Gasteiger charge is -2.41. The second-order valence-corrected chi connectivity index (χ2v) is 6.22. The normalized spacial score (nSPS) is 31.8. The summed E-state index contributed by atoms with van der Waals surface area (Å²) in [7, 11) is 1.36. The van der Waals surface area contributed by atoms with Gasteiger partial charge < -0.3 is 14.4 Å². The topological polar surface area (TPSA) is 68.7 Å². The highest BCUT2D eigenvalue weighted by Crippen LogP contribution is 2.36. The van der Waals surface area contributed by atoms with E-state index >= 15 is 0 Å². The molecule has 21 heavy (non-hydrogen) atoms. The van der Waals surface area contributed by atoms with Crippen molar-refractivity contribution in [3.8, 4) is 0 Å². The molecule has 2 aliphatic heterocycles. The van der Waals surface area contributed by atoms with Crippen LogP contribution in [0.15, 0.2) is 10.9 Å². The number of aromatic nitrogens is 1. The Labute approximate surface area is 127 Å². The largest absolute Gasteiger partial charge is 0.467 e. The maximum absolute atomic E-state index is 12.7. The van der Waals surface area contributed by atoms with Crippen LogP contribution in [0.3, 0.4) is 0 Å². The van der Waals surface area contributed by atoms with Crippen molar-refractivity contribution in [1.29, 1.82) is 0 Å². The number of fused-ring (bicyclic) bond motifs is 1. The minimum Gasteiger partial charge on any atom is -0.467 e. The standard InChI is InChI=1S/C14H18N2O4S/c1-8-3-4-11-10(5-12(20-11)14(18)19-2)16(8)13(17)9-6-21-7-15-9/h6-8,10-12H,3-5H2,1-2H3/t8-,10+,11-,12-/m0/s1. The first-order chi connectivity index (χ1) is 10.1. The zero-order valence-corrected chi connectivity index (χ0v) is 12.8. The minimum atomic E-state index is -0.568. The van der Waals surface area contributed by atoms with Crippen LogP contribution in [-0.2, 0) is 14.3 Å². The zero-order valence-electron chi connectivity index (χ0n) is 12.0. The summed E-state index contributed by atoms with van der Waals surface area (Å²) in [6.07, 6.45) is 1.57. The molecule has 1 aromatic heterocycles. The number of hydrogen-bond acceptors (Lipinski definition) is 6. The quantitative estimate of drug-likeness (QED) is 0.774. The van der Waals surface area contributed by atoms with Crippen LogP contribution in [0.1, 0.15) is 36.7 Å². The van der Waals surface area contributed by atoms with E-state index in [2.05, 4.69) is 4.98 Å². The highest BCUT2D eigenvalue weighted by atomic mass is 32.1. The Morgan fingerprint density at radius 2 is 2.29 bits per heavy atom. The molecule has 0 spiro atoms. The molecule has 1 aromatic rings.